The van der Waals surface area contributed by atoms with Crippen molar-refractivity contribution in [3.63, 3.8) is 0 Å². The number of hydrogen-bond acceptors (Lipinski definition) is 2. The van der Waals surface area contributed by atoms with E-state index >= 15 is 0 Å². The van der Waals surface area contributed by atoms with Crippen molar-refractivity contribution in [3.05, 3.63) is 35.5 Å². The first-order valence-electron chi connectivity index (χ1n) is 6.77. The van der Waals surface area contributed by atoms with E-state index < -0.39 is 0 Å². The van der Waals surface area contributed by atoms with E-state index in [9.17, 15) is 4.79 Å². The molecule has 2 unspecified atom stereocenters. The number of amides is 1. The molecule has 0 saturated carbocycles. The van der Waals surface area contributed by atoms with E-state index in [1.54, 1.807) is 0 Å². The predicted octanol–water partition coefficient (Wildman–Crippen LogP) is 1.71. The van der Waals surface area contributed by atoms with Gasteiger partial charge in [0.2, 0.25) is 5.91 Å². The average Bonchev–Trinajstić information content (AvgIpc) is 2.89. The maximum atomic E-state index is 12.3. The number of nitrogens with one attached hydrogen (secondary N) is 1. The van der Waals surface area contributed by atoms with Gasteiger partial charge in [-0.05, 0) is 25.0 Å². The van der Waals surface area contributed by atoms with E-state index in [-0.39, 0.29) is 18.1 Å². The summed E-state index contributed by atoms with van der Waals surface area (Å²) in [6.07, 6.45) is 1.02. The molecule has 1 N–H and O–H groups in total. The van der Waals surface area contributed by atoms with Gasteiger partial charge in [-0.15, -0.1) is 0 Å². The number of rotatable bonds is 0. The van der Waals surface area contributed by atoms with Gasteiger partial charge in [-0.2, -0.15) is 0 Å². The first-order chi connectivity index (χ1) is 9.16. The van der Waals surface area contributed by atoms with Gasteiger partial charge in [-0.3, -0.25) is 9.69 Å². The van der Waals surface area contributed by atoms with E-state index in [1.807, 2.05) is 18.0 Å². The molecule has 2 atom stereocenters. The predicted molar refractivity (Wildman–Crippen MR) is 73.6 cm³/mol. The number of aromatic amines is 1. The van der Waals surface area contributed by atoms with Crippen LogP contribution in [0.25, 0.3) is 10.9 Å². The molecule has 0 aliphatic carbocycles. The fourth-order valence-electron chi connectivity index (χ4n) is 3.49. The van der Waals surface area contributed by atoms with Crippen molar-refractivity contribution in [2.75, 3.05) is 7.05 Å². The summed E-state index contributed by atoms with van der Waals surface area (Å²) in [6, 6.07) is 8.39. The van der Waals surface area contributed by atoms with Crippen molar-refractivity contribution in [3.8, 4) is 0 Å². The highest BCUT2D eigenvalue weighted by atomic mass is 16.2. The van der Waals surface area contributed by atoms with Gasteiger partial charge in [-0.1, -0.05) is 18.2 Å². The number of carbonyl (C=O) groups excluding carboxylic acids is 1. The zero-order valence-electron chi connectivity index (χ0n) is 11.2. The second-order valence-corrected chi connectivity index (χ2v) is 5.60. The lowest BCUT2D eigenvalue weighted by molar-refractivity contribution is -0.128. The Balaban J connectivity index is 1.84. The smallest absolute Gasteiger partial charge is 0.241 e. The summed E-state index contributed by atoms with van der Waals surface area (Å²) < 4.78 is 0. The Kier molecular flexibility index (Phi) is 2.10. The molecule has 0 radical (unpaired) electrons. The van der Waals surface area contributed by atoms with Crippen LogP contribution in [0.15, 0.2) is 24.3 Å². The van der Waals surface area contributed by atoms with Crippen LogP contribution < -0.4 is 0 Å². The molecule has 0 spiro atoms. The second kappa shape index (κ2) is 3.61. The molecule has 2 aliphatic rings. The molecule has 2 aliphatic heterocycles. The van der Waals surface area contributed by atoms with E-state index in [0.717, 1.165) is 13.0 Å². The summed E-state index contributed by atoms with van der Waals surface area (Å²) in [6.45, 7) is 2.94. The number of H-pyrrole nitrogens is 1. The van der Waals surface area contributed by atoms with Crippen LogP contribution in [0, 0.1) is 0 Å². The van der Waals surface area contributed by atoms with Gasteiger partial charge in [0.15, 0.2) is 0 Å². The van der Waals surface area contributed by atoms with Crippen molar-refractivity contribution in [2.24, 2.45) is 0 Å². The van der Waals surface area contributed by atoms with Crippen molar-refractivity contribution in [1.29, 1.82) is 0 Å². The van der Waals surface area contributed by atoms with Crippen molar-refractivity contribution in [2.45, 2.75) is 32.1 Å². The van der Waals surface area contributed by atoms with Crippen molar-refractivity contribution in [1.82, 2.24) is 14.8 Å². The molecule has 19 heavy (non-hydrogen) atoms. The summed E-state index contributed by atoms with van der Waals surface area (Å²) in [7, 11) is 1.90. The van der Waals surface area contributed by atoms with E-state index in [0.29, 0.717) is 0 Å². The molecule has 1 saturated heterocycles. The summed E-state index contributed by atoms with van der Waals surface area (Å²) >= 11 is 0. The summed E-state index contributed by atoms with van der Waals surface area (Å²) in [4.78, 5) is 20.0. The van der Waals surface area contributed by atoms with Crippen LogP contribution in [0.4, 0.5) is 0 Å². The maximum Gasteiger partial charge on any atom is 0.241 e. The van der Waals surface area contributed by atoms with Gasteiger partial charge in [0.1, 0.15) is 0 Å². The molecule has 4 nitrogen and oxygen atoms in total. The Hall–Kier alpha value is -1.81. The van der Waals surface area contributed by atoms with Gasteiger partial charge in [-0.25, -0.2) is 0 Å². The van der Waals surface area contributed by atoms with Gasteiger partial charge in [0.25, 0.3) is 0 Å². The minimum absolute atomic E-state index is 0.0201. The Bertz CT molecular complexity index is 675. The molecule has 3 heterocycles. The normalized spacial score (nSPS) is 26.8. The highest BCUT2D eigenvalue weighted by Crippen LogP contribution is 2.34. The number of hydrogen-bond donors (Lipinski definition) is 1. The van der Waals surface area contributed by atoms with Gasteiger partial charge in [0.05, 0.1) is 12.2 Å². The first-order valence-corrected chi connectivity index (χ1v) is 6.77. The van der Waals surface area contributed by atoms with Gasteiger partial charge >= 0.3 is 0 Å². The maximum absolute atomic E-state index is 12.3. The minimum Gasteiger partial charge on any atom is -0.357 e. The largest absolute Gasteiger partial charge is 0.357 e. The van der Waals surface area contributed by atoms with Crippen molar-refractivity contribution >= 4 is 16.8 Å². The third-order valence-electron chi connectivity index (χ3n) is 4.71. The zero-order chi connectivity index (χ0) is 13.1. The Morgan fingerprint density at radius 2 is 2.11 bits per heavy atom. The SMILES string of the molecule is CC1N(C)C(=O)C2Cc3c([nH]c4ccccc34)CN21. The molecule has 1 amide bonds. The molecule has 2 aromatic rings. The number of nitrogens with zero attached hydrogens (tertiary/aromatic N) is 2. The number of aromatic nitrogens is 1. The highest BCUT2D eigenvalue weighted by molar-refractivity contribution is 5.89. The van der Waals surface area contributed by atoms with E-state index in [4.69, 9.17) is 0 Å². The second-order valence-electron chi connectivity index (χ2n) is 5.60. The first kappa shape index (κ1) is 11.1. The number of para-hydroxylation sites is 1. The van der Waals surface area contributed by atoms with E-state index in [2.05, 4.69) is 35.0 Å². The fourth-order valence-corrected chi connectivity index (χ4v) is 3.49. The molecule has 4 heteroatoms. The number of likely N-dealkylation sites (N-methyl/N-ethyl adjacent to an activating group) is 1. The number of fused-ring (bicyclic) bond motifs is 4. The molecule has 1 aromatic heterocycles. The van der Waals surface area contributed by atoms with Crippen LogP contribution in [0.2, 0.25) is 0 Å². The number of carbonyl (C=O) groups is 1. The third kappa shape index (κ3) is 1.35. The quantitative estimate of drug-likeness (QED) is 0.778. The van der Waals surface area contributed by atoms with Crippen LogP contribution in [0.3, 0.4) is 0 Å². The topological polar surface area (TPSA) is 39.3 Å². The summed E-state index contributed by atoms with van der Waals surface area (Å²) in [5, 5.41) is 1.27. The molecular weight excluding hydrogens is 238 g/mol. The fraction of sp³-hybridized carbons (Fsp3) is 0.400. The van der Waals surface area contributed by atoms with Gasteiger partial charge in [0, 0.05) is 30.2 Å². The minimum atomic E-state index is 0.0201. The van der Waals surface area contributed by atoms with Gasteiger partial charge < -0.3 is 9.88 Å². The third-order valence-corrected chi connectivity index (χ3v) is 4.71. The summed E-state index contributed by atoms with van der Waals surface area (Å²) in [5.41, 5.74) is 3.78. The van der Waals surface area contributed by atoms with Crippen molar-refractivity contribution < 1.29 is 4.79 Å². The highest BCUT2D eigenvalue weighted by Gasteiger charge is 2.44. The lowest BCUT2D eigenvalue weighted by Crippen LogP contribution is -2.41. The molecule has 98 valence electrons. The average molecular weight is 255 g/mol. The standard InChI is InChI=1S/C15H17N3O/c1-9-17(2)15(19)14-7-11-10-5-3-4-6-12(10)16-13(11)8-18(9)14/h3-6,9,14,16H,7-8H2,1-2H3. The molecule has 1 aromatic carbocycles. The molecule has 1 fully saturated rings. The molecular formula is C15H17N3O. The number of benzene rings is 1. The van der Waals surface area contributed by atoms with E-state index in [1.165, 1.54) is 22.2 Å². The molecule has 4 rings (SSSR count). The Morgan fingerprint density at radius 1 is 1.32 bits per heavy atom. The monoisotopic (exact) mass is 255 g/mol. The Labute approximate surface area is 112 Å². The Morgan fingerprint density at radius 3 is 2.95 bits per heavy atom. The molecule has 0 bridgehead atoms. The lowest BCUT2D eigenvalue weighted by Gasteiger charge is -2.30. The summed E-state index contributed by atoms with van der Waals surface area (Å²) in [5.74, 6) is 0.253. The van der Waals surface area contributed by atoms with Crippen LogP contribution >= 0.6 is 0 Å². The lowest BCUT2D eigenvalue weighted by atomic mass is 9.97. The van der Waals surface area contributed by atoms with Crippen LogP contribution in [0.5, 0.6) is 0 Å². The van der Waals surface area contributed by atoms with Crippen LogP contribution in [0.1, 0.15) is 18.2 Å². The van der Waals surface area contributed by atoms with Crippen LogP contribution in [-0.2, 0) is 17.8 Å². The van der Waals surface area contributed by atoms with Crippen LogP contribution in [-0.4, -0.2) is 39.9 Å². The zero-order valence-corrected chi connectivity index (χ0v) is 11.2.